The third-order valence-corrected chi connectivity index (χ3v) is 3.07. The van der Waals surface area contributed by atoms with E-state index in [-0.39, 0.29) is 5.69 Å². The zero-order chi connectivity index (χ0) is 13.4. The van der Waals surface area contributed by atoms with Crippen LogP contribution >= 0.6 is 0 Å². The fourth-order valence-corrected chi connectivity index (χ4v) is 2.06. The van der Waals surface area contributed by atoms with Crippen LogP contribution in [0.25, 0.3) is 22.3 Å². The van der Waals surface area contributed by atoms with Gasteiger partial charge in [-0.2, -0.15) is 0 Å². The molecule has 0 saturated carbocycles. The first-order chi connectivity index (χ1) is 9.15. The number of fused-ring (bicyclic) bond motifs is 1. The average Bonchev–Trinajstić information content (AvgIpc) is 2.82. The highest BCUT2D eigenvalue weighted by Gasteiger charge is 2.15. The normalized spacial score (nSPS) is 10.8. The van der Waals surface area contributed by atoms with E-state index in [1.54, 1.807) is 18.2 Å². The number of nitro benzene ring substituents is 1. The third kappa shape index (κ3) is 1.97. The molecule has 0 fully saturated rings. The van der Waals surface area contributed by atoms with Crippen molar-refractivity contribution in [2.75, 3.05) is 0 Å². The van der Waals surface area contributed by atoms with Crippen LogP contribution in [0.5, 0.6) is 0 Å². The van der Waals surface area contributed by atoms with E-state index in [1.807, 2.05) is 31.2 Å². The average molecular weight is 253 g/mol. The largest absolute Gasteiger partial charge is 0.456 e. The van der Waals surface area contributed by atoms with E-state index >= 15 is 0 Å². The van der Waals surface area contributed by atoms with E-state index < -0.39 is 4.92 Å². The minimum Gasteiger partial charge on any atom is -0.456 e. The molecule has 19 heavy (non-hydrogen) atoms. The second kappa shape index (κ2) is 4.24. The maximum Gasteiger partial charge on any atom is 0.280 e. The van der Waals surface area contributed by atoms with Crippen molar-refractivity contribution in [2.45, 2.75) is 6.92 Å². The minimum absolute atomic E-state index is 0.0691. The standard InChI is InChI=1S/C15H11NO3/c1-10-5-7-11(8-6-10)15-9-12-13(16(17)18)3-2-4-14(12)19-15/h2-9H,1H3. The van der Waals surface area contributed by atoms with Crippen LogP contribution in [0.3, 0.4) is 0 Å². The summed E-state index contributed by atoms with van der Waals surface area (Å²) in [4.78, 5) is 10.6. The molecule has 4 nitrogen and oxygen atoms in total. The van der Waals surface area contributed by atoms with E-state index in [0.29, 0.717) is 16.7 Å². The quantitative estimate of drug-likeness (QED) is 0.505. The molecule has 4 heteroatoms. The number of nitro groups is 1. The van der Waals surface area contributed by atoms with Crippen LogP contribution in [0.2, 0.25) is 0 Å². The van der Waals surface area contributed by atoms with Crippen LogP contribution in [-0.2, 0) is 0 Å². The predicted molar refractivity (Wildman–Crippen MR) is 73.0 cm³/mol. The van der Waals surface area contributed by atoms with Crippen molar-refractivity contribution in [2.24, 2.45) is 0 Å². The summed E-state index contributed by atoms with van der Waals surface area (Å²) >= 11 is 0. The fraction of sp³-hybridized carbons (Fsp3) is 0.0667. The Morgan fingerprint density at radius 2 is 1.84 bits per heavy atom. The van der Waals surface area contributed by atoms with Gasteiger partial charge in [0, 0.05) is 11.6 Å². The summed E-state index contributed by atoms with van der Waals surface area (Å²) in [5, 5.41) is 11.5. The summed E-state index contributed by atoms with van der Waals surface area (Å²) in [7, 11) is 0. The number of benzene rings is 2. The first-order valence-corrected chi connectivity index (χ1v) is 5.89. The summed E-state index contributed by atoms with van der Waals surface area (Å²) in [5.74, 6) is 0.643. The summed E-state index contributed by atoms with van der Waals surface area (Å²) in [6, 6.07) is 14.4. The number of nitrogens with zero attached hydrogens (tertiary/aromatic N) is 1. The Morgan fingerprint density at radius 1 is 1.11 bits per heavy atom. The van der Waals surface area contributed by atoms with Crippen LogP contribution in [-0.4, -0.2) is 4.92 Å². The Balaban J connectivity index is 2.19. The smallest absolute Gasteiger partial charge is 0.280 e. The van der Waals surface area contributed by atoms with Crippen LogP contribution in [0.4, 0.5) is 5.69 Å². The molecule has 0 N–H and O–H groups in total. The lowest BCUT2D eigenvalue weighted by atomic mass is 10.1. The van der Waals surface area contributed by atoms with Crippen LogP contribution in [0.15, 0.2) is 52.9 Å². The van der Waals surface area contributed by atoms with Gasteiger partial charge in [0.2, 0.25) is 0 Å². The number of hydrogen-bond acceptors (Lipinski definition) is 3. The molecule has 0 unspecified atom stereocenters. The fourth-order valence-electron chi connectivity index (χ4n) is 2.06. The molecule has 0 aliphatic heterocycles. The van der Waals surface area contributed by atoms with E-state index in [0.717, 1.165) is 11.1 Å². The molecule has 0 aliphatic carbocycles. The highest BCUT2D eigenvalue weighted by molar-refractivity contribution is 5.90. The molecular weight excluding hydrogens is 242 g/mol. The molecule has 0 amide bonds. The van der Waals surface area contributed by atoms with Gasteiger partial charge in [0.15, 0.2) is 0 Å². The van der Waals surface area contributed by atoms with E-state index in [2.05, 4.69) is 0 Å². The molecule has 3 rings (SSSR count). The number of furan rings is 1. The second-order valence-corrected chi connectivity index (χ2v) is 4.42. The topological polar surface area (TPSA) is 56.3 Å². The third-order valence-electron chi connectivity index (χ3n) is 3.07. The zero-order valence-electron chi connectivity index (χ0n) is 10.3. The molecule has 0 saturated heterocycles. The molecule has 1 aromatic heterocycles. The SMILES string of the molecule is Cc1ccc(-c2cc3c([N+](=O)[O-])cccc3o2)cc1. The molecule has 94 valence electrons. The number of hydrogen-bond donors (Lipinski definition) is 0. The lowest BCUT2D eigenvalue weighted by Crippen LogP contribution is -1.86. The van der Waals surface area contributed by atoms with Gasteiger partial charge in [-0.25, -0.2) is 0 Å². The molecule has 2 aromatic carbocycles. The summed E-state index contributed by atoms with van der Waals surface area (Å²) in [5.41, 5.74) is 2.67. The summed E-state index contributed by atoms with van der Waals surface area (Å²) < 4.78 is 5.68. The molecule has 0 bridgehead atoms. The Hall–Kier alpha value is -2.62. The van der Waals surface area contributed by atoms with Gasteiger partial charge in [0.05, 0.1) is 10.3 Å². The molecule has 0 radical (unpaired) electrons. The molecule has 1 heterocycles. The predicted octanol–water partition coefficient (Wildman–Crippen LogP) is 4.32. The Morgan fingerprint density at radius 3 is 2.53 bits per heavy atom. The van der Waals surface area contributed by atoms with E-state index in [4.69, 9.17) is 4.42 Å². The maximum atomic E-state index is 11.0. The van der Waals surface area contributed by atoms with Crippen LogP contribution in [0, 0.1) is 17.0 Å². The van der Waals surface area contributed by atoms with E-state index in [9.17, 15) is 10.1 Å². The lowest BCUT2D eigenvalue weighted by molar-refractivity contribution is -0.383. The van der Waals surface area contributed by atoms with Gasteiger partial charge in [-0.3, -0.25) is 10.1 Å². The van der Waals surface area contributed by atoms with Gasteiger partial charge in [-0.1, -0.05) is 35.9 Å². The summed E-state index contributed by atoms with van der Waals surface area (Å²) in [6.45, 7) is 2.01. The van der Waals surface area contributed by atoms with Gasteiger partial charge in [0.25, 0.3) is 5.69 Å². The van der Waals surface area contributed by atoms with Crippen LogP contribution < -0.4 is 0 Å². The lowest BCUT2D eigenvalue weighted by Gasteiger charge is -1.96. The zero-order valence-corrected chi connectivity index (χ0v) is 10.3. The molecule has 3 aromatic rings. The second-order valence-electron chi connectivity index (χ2n) is 4.42. The molecule has 0 spiro atoms. The maximum absolute atomic E-state index is 11.0. The minimum atomic E-state index is -0.392. The van der Waals surface area contributed by atoms with Gasteiger partial charge in [-0.15, -0.1) is 0 Å². The Kier molecular flexibility index (Phi) is 2.56. The van der Waals surface area contributed by atoms with Crippen molar-refractivity contribution in [3.8, 4) is 11.3 Å². The van der Waals surface area contributed by atoms with Gasteiger partial charge >= 0.3 is 0 Å². The monoisotopic (exact) mass is 253 g/mol. The van der Waals surface area contributed by atoms with Crippen molar-refractivity contribution >= 4 is 16.7 Å². The van der Waals surface area contributed by atoms with Crippen molar-refractivity contribution in [3.05, 3.63) is 64.2 Å². The molecule has 0 atom stereocenters. The molecular formula is C15H11NO3. The molecule has 0 aliphatic rings. The Labute approximate surface area is 109 Å². The summed E-state index contributed by atoms with van der Waals surface area (Å²) in [6.07, 6.45) is 0. The number of non-ortho nitro benzene ring substituents is 1. The van der Waals surface area contributed by atoms with Crippen LogP contribution in [0.1, 0.15) is 5.56 Å². The number of aryl methyl sites for hydroxylation is 1. The van der Waals surface area contributed by atoms with Gasteiger partial charge in [0.1, 0.15) is 11.3 Å². The van der Waals surface area contributed by atoms with Crippen molar-refractivity contribution in [3.63, 3.8) is 0 Å². The van der Waals surface area contributed by atoms with Crippen molar-refractivity contribution in [1.29, 1.82) is 0 Å². The van der Waals surface area contributed by atoms with E-state index in [1.165, 1.54) is 6.07 Å². The first-order valence-electron chi connectivity index (χ1n) is 5.89. The van der Waals surface area contributed by atoms with Crippen molar-refractivity contribution < 1.29 is 9.34 Å². The van der Waals surface area contributed by atoms with Gasteiger partial charge in [-0.05, 0) is 19.1 Å². The highest BCUT2D eigenvalue weighted by Crippen LogP contribution is 2.33. The Bertz CT molecular complexity index is 757. The first kappa shape index (κ1) is 11.5. The van der Waals surface area contributed by atoms with Gasteiger partial charge < -0.3 is 4.42 Å². The highest BCUT2D eigenvalue weighted by atomic mass is 16.6. The van der Waals surface area contributed by atoms with Crippen molar-refractivity contribution in [1.82, 2.24) is 0 Å². The number of rotatable bonds is 2.